The van der Waals surface area contributed by atoms with E-state index in [1.807, 2.05) is 0 Å². The van der Waals surface area contributed by atoms with Gasteiger partial charge >= 0.3 is 0 Å². The van der Waals surface area contributed by atoms with Crippen molar-refractivity contribution in [3.8, 4) is 11.3 Å². The topological polar surface area (TPSA) is 79.2 Å². The molecule has 0 aliphatic carbocycles. The van der Waals surface area contributed by atoms with Gasteiger partial charge in [0.2, 0.25) is 5.95 Å². The second kappa shape index (κ2) is 9.82. The number of hydrogen-bond donors (Lipinski definition) is 1. The van der Waals surface area contributed by atoms with Crippen LogP contribution < -0.4 is 10.2 Å². The van der Waals surface area contributed by atoms with Crippen LogP contribution >= 0.6 is 0 Å². The molecule has 1 aliphatic rings. The number of amides is 1. The molecule has 1 saturated heterocycles. The number of piperazine rings is 1. The number of nitrogens with zero attached hydrogens (tertiary/aromatic N) is 6. The number of benzene rings is 1. The summed E-state index contributed by atoms with van der Waals surface area (Å²) in [6.45, 7) is 4.88. The molecule has 0 bridgehead atoms. The smallest absolute Gasteiger partial charge is 0.255 e. The van der Waals surface area contributed by atoms with Crippen LogP contribution in [0.4, 0.5) is 14.7 Å². The van der Waals surface area contributed by atoms with Crippen LogP contribution in [0.5, 0.6) is 0 Å². The van der Waals surface area contributed by atoms with Crippen molar-refractivity contribution in [3.05, 3.63) is 60.1 Å². The molecule has 10 heteroatoms. The molecule has 0 unspecified atom stereocenters. The standard InChI is InChI=1S/C22H25F2N7O/c1-29-15-18(20(28-29)17-5-4-16(23)14-19(17)24)21(32)25-8-3-9-30-10-12-31(13-11-30)22-26-6-2-7-27-22/h2,4-7,14-15H,3,8-13H2,1H3,(H,25,32). The summed E-state index contributed by atoms with van der Waals surface area (Å²) in [5.74, 6) is -1.00. The minimum Gasteiger partial charge on any atom is -0.352 e. The molecule has 1 N–H and O–H groups in total. The van der Waals surface area contributed by atoms with Crippen molar-refractivity contribution in [2.24, 2.45) is 7.05 Å². The Morgan fingerprint density at radius 2 is 1.88 bits per heavy atom. The van der Waals surface area contributed by atoms with Crippen LogP contribution in [0.15, 0.2) is 42.9 Å². The largest absolute Gasteiger partial charge is 0.352 e. The summed E-state index contributed by atoms with van der Waals surface area (Å²) < 4.78 is 28.9. The zero-order chi connectivity index (χ0) is 22.5. The molecule has 0 spiro atoms. The van der Waals surface area contributed by atoms with Crippen LogP contribution in [0.25, 0.3) is 11.3 Å². The molecule has 8 nitrogen and oxygen atoms in total. The van der Waals surface area contributed by atoms with Crippen LogP contribution in [0, 0.1) is 11.6 Å². The van der Waals surface area contributed by atoms with Crippen molar-refractivity contribution in [2.75, 3.05) is 44.2 Å². The van der Waals surface area contributed by atoms with Gasteiger partial charge in [0.05, 0.1) is 5.56 Å². The summed E-state index contributed by atoms with van der Waals surface area (Å²) in [6, 6.07) is 5.04. The molecule has 0 saturated carbocycles. The van der Waals surface area contributed by atoms with E-state index in [0.717, 1.165) is 57.2 Å². The Hall–Kier alpha value is -3.40. The predicted octanol–water partition coefficient (Wildman–Crippen LogP) is 2.10. The van der Waals surface area contributed by atoms with Gasteiger partial charge < -0.3 is 10.2 Å². The first-order chi connectivity index (χ1) is 15.5. The van der Waals surface area contributed by atoms with Crippen molar-refractivity contribution >= 4 is 11.9 Å². The molecule has 1 amide bonds. The van der Waals surface area contributed by atoms with Gasteiger partial charge in [0.1, 0.15) is 17.3 Å². The molecule has 1 fully saturated rings. The Morgan fingerprint density at radius 3 is 2.59 bits per heavy atom. The molecule has 32 heavy (non-hydrogen) atoms. The molecule has 1 aromatic carbocycles. The average Bonchev–Trinajstić information content (AvgIpc) is 3.19. The maximum Gasteiger partial charge on any atom is 0.255 e. The maximum atomic E-state index is 14.2. The number of anilines is 1. The number of carbonyl (C=O) groups is 1. The van der Waals surface area contributed by atoms with Crippen molar-refractivity contribution in [3.63, 3.8) is 0 Å². The average molecular weight is 441 g/mol. The van der Waals surface area contributed by atoms with E-state index in [4.69, 9.17) is 0 Å². The lowest BCUT2D eigenvalue weighted by Crippen LogP contribution is -2.47. The summed E-state index contributed by atoms with van der Waals surface area (Å²) in [4.78, 5) is 25.8. The highest BCUT2D eigenvalue weighted by Crippen LogP contribution is 2.25. The van der Waals surface area contributed by atoms with Gasteiger partial charge in [0.15, 0.2) is 0 Å². The van der Waals surface area contributed by atoms with Gasteiger partial charge in [-0.15, -0.1) is 0 Å². The van der Waals surface area contributed by atoms with Crippen molar-refractivity contribution in [2.45, 2.75) is 6.42 Å². The summed E-state index contributed by atoms with van der Waals surface area (Å²) in [5.41, 5.74) is 0.550. The number of hydrogen-bond acceptors (Lipinski definition) is 6. The third-order valence-corrected chi connectivity index (χ3v) is 5.40. The fourth-order valence-electron chi connectivity index (χ4n) is 3.76. The van der Waals surface area contributed by atoms with E-state index < -0.39 is 11.6 Å². The molecule has 4 rings (SSSR count). The second-order valence-corrected chi connectivity index (χ2v) is 7.68. The SMILES string of the molecule is Cn1cc(C(=O)NCCCN2CCN(c3ncccn3)CC2)c(-c2ccc(F)cc2F)n1. The summed E-state index contributed by atoms with van der Waals surface area (Å²) in [6.07, 6.45) is 5.82. The van der Waals surface area contributed by atoms with E-state index in [1.54, 1.807) is 31.7 Å². The summed E-state index contributed by atoms with van der Waals surface area (Å²) in [7, 11) is 1.65. The van der Waals surface area contributed by atoms with Crippen LogP contribution in [-0.2, 0) is 7.05 Å². The quantitative estimate of drug-likeness (QED) is 0.566. The summed E-state index contributed by atoms with van der Waals surface area (Å²) >= 11 is 0. The molecule has 1 aliphatic heterocycles. The van der Waals surface area contributed by atoms with E-state index in [1.165, 1.54) is 10.7 Å². The molecule has 0 radical (unpaired) electrons. The van der Waals surface area contributed by atoms with Crippen LogP contribution in [0.1, 0.15) is 16.8 Å². The van der Waals surface area contributed by atoms with Gasteiger partial charge in [-0.2, -0.15) is 5.10 Å². The van der Waals surface area contributed by atoms with Gasteiger partial charge in [-0.1, -0.05) is 0 Å². The van der Waals surface area contributed by atoms with E-state index in [0.29, 0.717) is 6.54 Å². The van der Waals surface area contributed by atoms with Crippen molar-refractivity contribution in [1.82, 2.24) is 30.0 Å². The number of nitrogens with one attached hydrogen (secondary N) is 1. The first-order valence-electron chi connectivity index (χ1n) is 10.5. The predicted molar refractivity (Wildman–Crippen MR) is 116 cm³/mol. The zero-order valence-electron chi connectivity index (χ0n) is 17.8. The minimum atomic E-state index is -0.752. The molecule has 3 aromatic rings. The summed E-state index contributed by atoms with van der Waals surface area (Å²) in [5, 5.41) is 7.08. The third kappa shape index (κ3) is 5.08. The number of halogens is 2. The molecule has 0 atom stereocenters. The number of aromatic nitrogens is 4. The molecular weight excluding hydrogens is 416 g/mol. The minimum absolute atomic E-state index is 0.0948. The lowest BCUT2D eigenvalue weighted by molar-refractivity contribution is 0.0952. The first kappa shape index (κ1) is 21.8. The van der Waals surface area contributed by atoms with Crippen LogP contribution in [0.2, 0.25) is 0 Å². The maximum absolute atomic E-state index is 14.2. The normalized spacial score (nSPS) is 14.5. The van der Waals surface area contributed by atoms with Gasteiger partial charge in [0, 0.05) is 70.0 Å². The highest BCUT2D eigenvalue weighted by atomic mass is 19.1. The fourth-order valence-corrected chi connectivity index (χ4v) is 3.76. The van der Waals surface area contributed by atoms with Crippen LogP contribution in [0.3, 0.4) is 0 Å². The fraction of sp³-hybridized carbons (Fsp3) is 0.364. The number of rotatable bonds is 7. The van der Waals surface area contributed by atoms with Gasteiger partial charge in [-0.3, -0.25) is 14.4 Å². The lowest BCUT2D eigenvalue weighted by atomic mass is 10.1. The van der Waals surface area contributed by atoms with Crippen molar-refractivity contribution < 1.29 is 13.6 Å². The van der Waals surface area contributed by atoms with E-state index in [-0.39, 0.29) is 22.7 Å². The Balaban J connectivity index is 1.26. The van der Waals surface area contributed by atoms with Crippen LogP contribution in [-0.4, -0.2) is 69.8 Å². The van der Waals surface area contributed by atoms with Gasteiger partial charge in [-0.05, 0) is 31.2 Å². The lowest BCUT2D eigenvalue weighted by Gasteiger charge is -2.34. The molecule has 2 aromatic heterocycles. The number of carbonyl (C=O) groups excluding carboxylic acids is 1. The van der Waals surface area contributed by atoms with E-state index >= 15 is 0 Å². The molecule has 168 valence electrons. The monoisotopic (exact) mass is 441 g/mol. The Morgan fingerprint density at radius 1 is 1.12 bits per heavy atom. The van der Waals surface area contributed by atoms with Crippen molar-refractivity contribution in [1.29, 1.82) is 0 Å². The zero-order valence-corrected chi connectivity index (χ0v) is 17.8. The van der Waals surface area contributed by atoms with Gasteiger partial charge in [0.25, 0.3) is 5.91 Å². The Bertz CT molecular complexity index is 1070. The van der Waals surface area contributed by atoms with E-state index in [2.05, 4.69) is 30.2 Å². The second-order valence-electron chi connectivity index (χ2n) is 7.68. The molecule has 3 heterocycles. The van der Waals surface area contributed by atoms with Gasteiger partial charge in [-0.25, -0.2) is 18.7 Å². The Labute approximate surface area is 184 Å². The Kier molecular flexibility index (Phi) is 6.69. The van der Waals surface area contributed by atoms with E-state index in [9.17, 15) is 13.6 Å². The molecular formula is C22H25F2N7O. The highest BCUT2D eigenvalue weighted by Gasteiger charge is 2.21. The highest BCUT2D eigenvalue weighted by molar-refractivity contribution is 5.99. The first-order valence-corrected chi connectivity index (χ1v) is 10.5. The third-order valence-electron chi connectivity index (χ3n) is 5.40. The number of aryl methyl sites for hydroxylation is 1.